The zero-order chi connectivity index (χ0) is 19.8. The predicted octanol–water partition coefficient (Wildman–Crippen LogP) is 3.77. The molecular formula is C20H39NO5. The molecule has 6 heteroatoms. The molecule has 154 valence electrons. The summed E-state index contributed by atoms with van der Waals surface area (Å²) in [6, 6.07) is 0. The fraction of sp³-hybridized carbons (Fsp3) is 0.900. The summed E-state index contributed by atoms with van der Waals surface area (Å²) < 4.78 is 0. The lowest BCUT2D eigenvalue weighted by molar-refractivity contribution is -0.163. The fourth-order valence-electron chi connectivity index (χ4n) is 3.07. The van der Waals surface area contributed by atoms with Gasteiger partial charge in [-0.2, -0.15) is 0 Å². The van der Waals surface area contributed by atoms with Gasteiger partial charge in [0.15, 0.2) is 5.41 Å². The molecule has 0 fully saturated rings. The highest BCUT2D eigenvalue weighted by molar-refractivity contribution is 5.97. The molecule has 0 bridgehead atoms. The summed E-state index contributed by atoms with van der Waals surface area (Å²) in [4.78, 5) is 24.5. The van der Waals surface area contributed by atoms with E-state index in [-0.39, 0.29) is 13.0 Å². The monoisotopic (exact) mass is 373 g/mol. The molecule has 0 heterocycles. The number of aliphatic hydroxyl groups excluding tert-OH is 1. The van der Waals surface area contributed by atoms with Crippen LogP contribution in [0.1, 0.15) is 84.5 Å². The van der Waals surface area contributed by atoms with Gasteiger partial charge in [-0.25, -0.2) is 0 Å². The van der Waals surface area contributed by atoms with Gasteiger partial charge in [-0.05, 0) is 39.3 Å². The van der Waals surface area contributed by atoms with Crippen molar-refractivity contribution < 1.29 is 24.9 Å². The minimum Gasteiger partial charge on any atom is -0.480 e. The lowest BCUT2D eigenvalue weighted by atomic mass is 9.85. The molecule has 0 spiro atoms. The van der Waals surface area contributed by atoms with Crippen LogP contribution in [-0.4, -0.2) is 58.4 Å². The van der Waals surface area contributed by atoms with Crippen molar-refractivity contribution >= 4 is 11.9 Å². The molecule has 6 nitrogen and oxygen atoms in total. The number of carboxylic acid groups (broad SMARTS) is 2. The smallest absolute Gasteiger partial charge is 0.320 e. The number of carbonyl (C=O) groups is 2. The molecule has 0 atom stereocenters. The van der Waals surface area contributed by atoms with Crippen molar-refractivity contribution in [1.29, 1.82) is 0 Å². The molecule has 0 aliphatic heterocycles. The van der Waals surface area contributed by atoms with E-state index in [0.29, 0.717) is 13.0 Å². The lowest BCUT2D eigenvalue weighted by Gasteiger charge is -2.21. The second kappa shape index (κ2) is 15.0. The number of nitrogens with zero attached hydrogens (tertiary/aromatic N) is 1. The van der Waals surface area contributed by atoms with Gasteiger partial charge in [0.05, 0.1) is 6.61 Å². The summed E-state index contributed by atoms with van der Waals surface area (Å²) in [5.74, 6) is -2.53. The van der Waals surface area contributed by atoms with Gasteiger partial charge in [0.2, 0.25) is 0 Å². The third kappa shape index (κ3) is 10.8. The van der Waals surface area contributed by atoms with Crippen molar-refractivity contribution in [2.24, 2.45) is 5.41 Å². The first kappa shape index (κ1) is 24.9. The molecule has 0 unspecified atom stereocenters. The Bertz CT molecular complexity index is 372. The van der Waals surface area contributed by atoms with E-state index < -0.39 is 17.4 Å². The number of carboxylic acids is 2. The number of unbranched alkanes of at least 4 members (excludes halogenated alkanes) is 8. The average Bonchev–Trinajstić information content (AvgIpc) is 2.60. The lowest BCUT2D eigenvalue weighted by Crippen LogP contribution is -2.36. The Morgan fingerprint density at radius 2 is 1.23 bits per heavy atom. The molecule has 0 amide bonds. The van der Waals surface area contributed by atoms with Crippen molar-refractivity contribution in [3.05, 3.63) is 0 Å². The Labute approximate surface area is 158 Å². The minimum absolute atomic E-state index is 0.162. The zero-order valence-electron chi connectivity index (χ0n) is 16.7. The minimum atomic E-state index is -1.68. The first-order valence-electron chi connectivity index (χ1n) is 10.2. The topological polar surface area (TPSA) is 98.1 Å². The SMILES string of the molecule is CCCCCCCCN(CCO)CCCCCCC(C)(C(=O)O)C(=O)O. The Hall–Kier alpha value is -1.14. The van der Waals surface area contributed by atoms with Crippen LogP contribution in [0.5, 0.6) is 0 Å². The fourth-order valence-corrected chi connectivity index (χ4v) is 3.07. The second-order valence-corrected chi connectivity index (χ2v) is 7.44. The van der Waals surface area contributed by atoms with Crippen LogP contribution in [0, 0.1) is 5.41 Å². The van der Waals surface area contributed by atoms with Crippen LogP contribution in [0.3, 0.4) is 0 Å². The van der Waals surface area contributed by atoms with Crippen LogP contribution in [0.25, 0.3) is 0 Å². The van der Waals surface area contributed by atoms with E-state index in [9.17, 15) is 14.7 Å². The molecule has 0 rings (SSSR count). The van der Waals surface area contributed by atoms with Crippen molar-refractivity contribution in [3.63, 3.8) is 0 Å². The summed E-state index contributed by atoms with van der Waals surface area (Å²) in [6.45, 7) is 6.32. The Kier molecular flexibility index (Phi) is 14.3. The van der Waals surface area contributed by atoms with E-state index in [2.05, 4.69) is 11.8 Å². The molecule has 3 N–H and O–H groups in total. The predicted molar refractivity (Wildman–Crippen MR) is 103 cm³/mol. The standard InChI is InChI=1S/C20H39NO5/c1-3-4-5-6-8-11-14-21(16-17-22)15-12-9-7-10-13-20(2,18(23)24)19(25)26/h22H,3-17H2,1-2H3,(H,23,24)(H,25,26). The summed E-state index contributed by atoms with van der Waals surface area (Å²) in [6.07, 6.45) is 11.1. The van der Waals surface area contributed by atoms with Gasteiger partial charge in [0, 0.05) is 6.54 Å². The average molecular weight is 374 g/mol. The molecule has 0 aliphatic rings. The molecule has 0 aromatic heterocycles. The van der Waals surface area contributed by atoms with Gasteiger partial charge in [-0.15, -0.1) is 0 Å². The van der Waals surface area contributed by atoms with Gasteiger partial charge >= 0.3 is 11.9 Å². The van der Waals surface area contributed by atoms with E-state index >= 15 is 0 Å². The van der Waals surface area contributed by atoms with Crippen LogP contribution >= 0.6 is 0 Å². The highest BCUT2D eigenvalue weighted by Crippen LogP contribution is 2.25. The molecule has 0 aromatic rings. The van der Waals surface area contributed by atoms with Gasteiger partial charge in [0.25, 0.3) is 0 Å². The molecule has 0 saturated carbocycles. The quantitative estimate of drug-likeness (QED) is 0.250. The molecule has 0 aliphatic carbocycles. The summed E-state index contributed by atoms with van der Waals surface area (Å²) in [5.41, 5.74) is -1.68. The third-order valence-corrected chi connectivity index (χ3v) is 5.09. The maximum atomic E-state index is 11.1. The Morgan fingerprint density at radius 3 is 1.69 bits per heavy atom. The third-order valence-electron chi connectivity index (χ3n) is 5.09. The van der Waals surface area contributed by atoms with Crippen molar-refractivity contribution in [3.8, 4) is 0 Å². The number of aliphatic hydroxyl groups is 1. The van der Waals surface area contributed by atoms with Gasteiger partial charge in [0.1, 0.15) is 0 Å². The molecular weight excluding hydrogens is 334 g/mol. The van der Waals surface area contributed by atoms with E-state index in [0.717, 1.165) is 32.4 Å². The van der Waals surface area contributed by atoms with Gasteiger partial charge < -0.3 is 20.2 Å². The van der Waals surface area contributed by atoms with E-state index in [1.807, 2.05) is 0 Å². The van der Waals surface area contributed by atoms with E-state index in [4.69, 9.17) is 10.2 Å². The van der Waals surface area contributed by atoms with Crippen molar-refractivity contribution in [2.45, 2.75) is 84.5 Å². The van der Waals surface area contributed by atoms with Crippen LogP contribution < -0.4 is 0 Å². The molecule has 0 radical (unpaired) electrons. The Morgan fingerprint density at radius 1 is 0.769 bits per heavy atom. The molecule has 0 saturated heterocycles. The van der Waals surface area contributed by atoms with Crippen LogP contribution in [0.4, 0.5) is 0 Å². The van der Waals surface area contributed by atoms with Gasteiger partial charge in [-0.3, -0.25) is 9.59 Å². The number of hydrogen-bond donors (Lipinski definition) is 3. The molecule has 26 heavy (non-hydrogen) atoms. The Balaban J connectivity index is 3.88. The summed E-state index contributed by atoms with van der Waals surface area (Å²) >= 11 is 0. The maximum absolute atomic E-state index is 11.1. The van der Waals surface area contributed by atoms with Crippen molar-refractivity contribution in [1.82, 2.24) is 4.90 Å². The summed E-state index contributed by atoms with van der Waals surface area (Å²) in [5, 5.41) is 27.3. The number of aliphatic carboxylic acids is 2. The highest BCUT2D eigenvalue weighted by atomic mass is 16.4. The van der Waals surface area contributed by atoms with Crippen LogP contribution in [0.2, 0.25) is 0 Å². The largest absolute Gasteiger partial charge is 0.480 e. The molecule has 0 aromatic carbocycles. The normalized spacial score (nSPS) is 11.8. The van der Waals surface area contributed by atoms with E-state index in [1.54, 1.807) is 0 Å². The number of hydrogen-bond acceptors (Lipinski definition) is 4. The number of rotatable bonds is 18. The first-order valence-corrected chi connectivity index (χ1v) is 10.2. The van der Waals surface area contributed by atoms with Crippen molar-refractivity contribution in [2.75, 3.05) is 26.2 Å². The van der Waals surface area contributed by atoms with E-state index in [1.165, 1.54) is 45.4 Å². The first-order chi connectivity index (χ1) is 12.4. The van der Waals surface area contributed by atoms with Gasteiger partial charge in [-0.1, -0.05) is 58.3 Å². The summed E-state index contributed by atoms with van der Waals surface area (Å²) in [7, 11) is 0. The second-order valence-electron chi connectivity index (χ2n) is 7.44. The highest BCUT2D eigenvalue weighted by Gasteiger charge is 2.40. The van der Waals surface area contributed by atoms with Crippen LogP contribution in [-0.2, 0) is 9.59 Å². The van der Waals surface area contributed by atoms with Crippen LogP contribution in [0.15, 0.2) is 0 Å². The maximum Gasteiger partial charge on any atom is 0.320 e. The zero-order valence-corrected chi connectivity index (χ0v) is 16.7.